The average molecular weight is 829 g/mol. The molecule has 0 saturated carbocycles. The quantitative estimate of drug-likeness (QED) is 0.120. The highest BCUT2D eigenvalue weighted by molar-refractivity contribution is 6.22. The minimum atomic E-state index is 0.355. The summed E-state index contributed by atoms with van der Waals surface area (Å²) >= 11 is 0. The highest BCUT2D eigenvalue weighted by Gasteiger charge is 2.25. The maximum absolute atomic E-state index is 4.53. The summed E-state index contributed by atoms with van der Waals surface area (Å²) in [5.41, 5.74) is 10.0. The van der Waals surface area contributed by atoms with Crippen molar-refractivity contribution in [2.75, 3.05) is 9.80 Å². The van der Waals surface area contributed by atoms with Crippen LogP contribution in [0.15, 0.2) is 196 Å². The minimum absolute atomic E-state index is 0.355. The first-order chi connectivity index (χ1) is 31.8. The predicted octanol–water partition coefficient (Wildman–Crippen LogP) is 10.3. The Bertz CT molecular complexity index is 3040. The lowest BCUT2D eigenvalue weighted by molar-refractivity contribution is 0.948. The Morgan fingerprint density at radius 2 is 0.531 bits per heavy atom. The fraction of sp³-hybridized carbons (Fsp3) is 0. The third kappa shape index (κ3) is 7.12. The van der Waals surface area contributed by atoms with Gasteiger partial charge in [0.1, 0.15) is 50.6 Å². The Morgan fingerprint density at radius 3 is 0.844 bits per heavy atom. The second kappa shape index (κ2) is 16.6. The fourth-order valence-electron chi connectivity index (χ4n) is 8.06. The van der Waals surface area contributed by atoms with E-state index in [0.29, 0.717) is 23.8 Å². The molecule has 0 radical (unpaired) electrons. The van der Waals surface area contributed by atoms with Crippen LogP contribution in [0.5, 0.6) is 0 Å². The van der Waals surface area contributed by atoms with E-state index in [4.69, 9.17) is 0 Å². The molecule has 11 aromatic rings. The summed E-state index contributed by atoms with van der Waals surface area (Å²) < 4.78 is 0. The fourth-order valence-corrected chi connectivity index (χ4v) is 8.06. The molecule has 0 aliphatic heterocycles. The van der Waals surface area contributed by atoms with Gasteiger partial charge in [-0.2, -0.15) is 0 Å². The largest absolute Gasteiger partial charge is 0.247 e. The molecular weight excluding hydrogens is 797 g/mol. The molecule has 0 fully saturated rings. The van der Waals surface area contributed by atoms with Gasteiger partial charge in [0, 0.05) is 0 Å². The summed E-state index contributed by atoms with van der Waals surface area (Å²) in [6.45, 7) is 0. The molecule has 0 atom stereocenters. The van der Waals surface area contributed by atoms with E-state index < -0.39 is 0 Å². The van der Waals surface area contributed by atoms with E-state index in [1.165, 1.54) is 50.6 Å². The summed E-state index contributed by atoms with van der Waals surface area (Å²) in [4.78, 5) is 56.1. The smallest absolute Gasteiger partial charge is 0.240 e. The van der Waals surface area contributed by atoms with Crippen molar-refractivity contribution in [3.8, 4) is 44.5 Å². The van der Waals surface area contributed by atoms with Crippen LogP contribution in [0.4, 0.5) is 35.2 Å². The van der Waals surface area contributed by atoms with Gasteiger partial charge in [0.05, 0.1) is 11.4 Å². The standard InChI is InChI=1S/C50H32N14/c1-3-7-33(8-4-1)35-11-15-37(16-12-35)45-41-21-19-40(64(49-59-29-53-30-60-49)50-61-31-54-32-62-50)24-44(41)46(38-17-13-36(14-18-38)34-9-5-2-6-10-34)42-22-20-39(23-43(42)45)63(47-55-25-51-26-56-47)48-57-27-52-28-58-48/h1-32H. The Labute approximate surface area is 365 Å². The van der Waals surface area contributed by atoms with Crippen LogP contribution in [0.25, 0.3) is 66.1 Å². The van der Waals surface area contributed by atoms with Gasteiger partial charge in [-0.3, -0.25) is 0 Å². The van der Waals surface area contributed by atoms with Gasteiger partial charge in [-0.05, 0) is 90.3 Å². The third-order valence-electron chi connectivity index (χ3n) is 10.9. The van der Waals surface area contributed by atoms with Gasteiger partial charge < -0.3 is 0 Å². The number of hydrogen-bond acceptors (Lipinski definition) is 14. The summed E-state index contributed by atoms with van der Waals surface area (Å²) in [6, 6.07) is 50.8. The molecule has 64 heavy (non-hydrogen) atoms. The van der Waals surface area contributed by atoms with Gasteiger partial charge >= 0.3 is 0 Å². The molecule has 4 aromatic heterocycles. The zero-order chi connectivity index (χ0) is 42.7. The van der Waals surface area contributed by atoms with Crippen molar-refractivity contribution in [3.05, 3.63) is 196 Å². The van der Waals surface area contributed by atoms with Crippen LogP contribution in [0.2, 0.25) is 0 Å². The minimum Gasteiger partial charge on any atom is -0.247 e. The number of rotatable bonds is 10. The van der Waals surface area contributed by atoms with Crippen LogP contribution < -0.4 is 9.80 Å². The Hall–Kier alpha value is -9.30. The zero-order valence-electron chi connectivity index (χ0n) is 33.7. The molecule has 0 aliphatic carbocycles. The first-order valence-electron chi connectivity index (χ1n) is 20.2. The first kappa shape index (κ1) is 37.7. The first-order valence-corrected chi connectivity index (χ1v) is 20.2. The number of aromatic nitrogens is 12. The van der Waals surface area contributed by atoms with Crippen LogP contribution in [-0.2, 0) is 0 Å². The molecule has 4 heterocycles. The number of nitrogens with zero attached hydrogens (tertiary/aromatic N) is 14. The zero-order valence-corrected chi connectivity index (χ0v) is 33.7. The van der Waals surface area contributed by atoms with Gasteiger partial charge in [-0.1, -0.05) is 121 Å². The lowest BCUT2D eigenvalue weighted by Gasteiger charge is -2.24. The molecule has 0 spiro atoms. The van der Waals surface area contributed by atoms with Crippen molar-refractivity contribution in [3.63, 3.8) is 0 Å². The van der Waals surface area contributed by atoms with Gasteiger partial charge in [0.15, 0.2) is 0 Å². The van der Waals surface area contributed by atoms with E-state index in [1.54, 1.807) is 9.80 Å². The van der Waals surface area contributed by atoms with E-state index in [1.807, 2.05) is 24.3 Å². The number of fused-ring (bicyclic) bond motifs is 2. The van der Waals surface area contributed by atoms with E-state index in [9.17, 15) is 0 Å². The molecular formula is C50H32N14. The van der Waals surface area contributed by atoms with Crippen molar-refractivity contribution in [1.82, 2.24) is 59.8 Å². The molecule has 0 aliphatic rings. The van der Waals surface area contributed by atoms with E-state index >= 15 is 0 Å². The summed E-state index contributed by atoms with van der Waals surface area (Å²) in [5.74, 6) is 1.42. The predicted molar refractivity (Wildman–Crippen MR) is 246 cm³/mol. The van der Waals surface area contributed by atoms with Gasteiger partial charge in [-0.25, -0.2) is 69.6 Å². The van der Waals surface area contributed by atoms with Crippen LogP contribution in [0, 0.1) is 0 Å². The SMILES string of the molecule is c1ccc(-c2ccc(-c3c4ccc(N(c5ncncn5)c5ncncn5)cc4c(-c4ccc(-c5ccccc5)cc4)c4ccc(N(c5ncncn5)c5ncncn5)cc34)cc2)cc1. The van der Waals surface area contributed by atoms with Crippen LogP contribution >= 0.6 is 0 Å². The van der Waals surface area contributed by atoms with Crippen molar-refractivity contribution < 1.29 is 0 Å². The summed E-state index contributed by atoms with van der Waals surface area (Å²) in [6.07, 6.45) is 11.6. The molecule has 0 amide bonds. The van der Waals surface area contributed by atoms with Crippen LogP contribution in [-0.4, -0.2) is 59.8 Å². The average Bonchev–Trinajstić information content (AvgIpc) is 3.38. The van der Waals surface area contributed by atoms with Gasteiger partial charge in [0.25, 0.3) is 0 Å². The lowest BCUT2D eigenvalue weighted by atomic mass is 9.85. The molecule has 0 unspecified atom stereocenters. The van der Waals surface area contributed by atoms with Crippen molar-refractivity contribution in [1.29, 1.82) is 0 Å². The van der Waals surface area contributed by atoms with Gasteiger partial charge in [0.2, 0.25) is 23.8 Å². The molecule has 0 saturated heterocycles. The molecule has 11 rings (SSSR count). The maximum atomic E-state index is 4.53. The van der Waals surface area contributed by atoms with Crippen molar-refractivity contribution in [2.24, 2.45) is 0 Å². The second-order valence-corrected chi connectivity index (χ2v) is 14.5. The Kier molecular flexibility index (Phi) is 9.79. The summed E-state index contributed by atoms with van der Waals surface area (Å²) in [5, 5.41) is 3.96. The number of benzene rings is 7. The van der Waals surface area contributed by atoms with Crippen LogP contribution in [0.1, 0.15) is 0 Å². The molecule has 14 nitrogen and oxygen atoms in total. The molecule has 0 N–H and O–H groups in total. The van der Waals surface area contributed by atoms with Crippen molar-refractivity contribution >= 4 is 56.7 Å². The summed E-state index contributed by atoms with van der Waals surface area (Å²) in [7, 11) is 0. The van der Waals surface area contributed by atoms with E-state index in [0.717, 1.165) is 77.4 Å². The van der Waals surface area contributed by atoms with E-state index in [-0.39, 0.29) is 0 Å². The lowest BCUT2D eigenvalue weighted by Crippen LogP contribution is -2.16. The highest BCUT2D eigenvalue weighted by Crippen LogP contribution is 2.48. The molecule has 7 aromatic carbocycles. The topological polar surface area (TPSA) is 161 Å². The van der Waals surface area contributed by atoms with Gasteiger partial charge in [-0.15, -0.1) is 0 Å². The monoisotopic (exact) mass is 828 g/mol. The number of hydrogen-bond donors (Lipinski definition) is 0. The normalized spacial score (nSPS) is 11.1. The molecule has 14 heteroatoms. The Morgan fingerprint density at radius 1 is 0.250 bits per heavy atom. The molecule has 0 bridgehead atoms. The third-order valence-corrected chi connectivity index (χ3v) is 10.9. The van der Waals surface area contributed by atoms with Crippen LogP contribution in [0.3, 0.4) is 0 Å². The Balaban J connectivity index is 1.22. The second-order valence-electron chi connectivity index (χ2n) is 14.5. The number of anilines is 6. The van der Waals surface area contributed by atoms with Crippen molar-refractivity contribution in [2.45, 2.75) is 0 Å². The highest BCUT2D eigenvalue weighted by atomic mass is 15.4. The maximum Gasteiger partial charge on any atom is 0.240 e. The molecule has 302 valence electrons. The van der Waals surface area contributed by atoms with E-state index in [2.05, 4.69) is 181 Å².